The molecule has 22 heavy (non-hydrogen) atoms. The monoisotopic (exact) mass is 288 g/mol. The first-order chi connectivity index (χ1) is 10.6. The van der Waals surface area contributed by atoms with Gasteiger partial charge >= 0.3 is 0 Å². The Balaban J connectivity index is 2.23. The van der Waals surface area contributed by atoms with Gasteiger partial charge in [-0.25, -0.2) is 4.98 Å². The maximum atomic E-state index is 4.56. The highest BCUT2D eigenvalue weighted by Crippen LogP contribution is 2.32. The van der Waals surface area contributed by atoms with E-state index in [4.69, 9.17) is 0 Å². The van der Waals surface area contributed by atoms with Crippen LogP contribution >= 0.6 is 0 Å². The third-order valence-corrected chi connectivity index (χ3v) is 3.94. The van der Waals surface area contributed by atoms with Crippen molar-refractivity contribution in [3.8, 4) is 5.95 Å². The van der Waals surface area contributed by atoms with Crippen LogP contribution in [0.2, 0.25) is 0 Å². The van der Waals surface area contributed by atoms with Gasteiger partial charge in [-0.1, -0.05) is 36.4 Å². The molecule has 0 N–H and O–H groups in total. The predicted octanol–water partition coefficient (Wildman–Crippen LogP) is 3.89. The topological polar surface area (TPSA) is 43.6 Å². The molecule has 0 amide bonds. The molecule has 0 unspecified atom stereocenters. The van der Waals surface area contributed by atoms with Gasteiger partial charge in [0.25, 0.3) is 0 Å². The first kappa shape index (κ1) is 13.0. The Kier molecular flexibility index (Phi) is 2.73. The van der Waals surface area contributed by atoms with E-state index in [0.29, 0.717) is 5.95 Å². The molecule has 4 heteroatoms. The molecular formula is C18H16N4. The molecule has 0 aliphatic rings. The molecule has 2 aromatic carbocycles. The van der Waals surface area contributed by atoms with Crippen molar-refractivity contribution in [3.63, 3.8) is 0 Å². The van der Waals surface area contributed by atoms with Gasteiger partial charge in [-0.05, 0) is 32.4 Å². The maximum absolute atomic E-state index is 4.56. The first-order valence-corrected chi connectivity index (χ1v) is 7.33. The second-order valence-corrected chi connectivity index (χ2v) is 5.55. The second-order valence-electron chi connectivity index (χ2n) is 5.55. The Morgan fingerprint density at radius 1 is 0.727 bits per heavy atom. The lowest BCUT2D eigenvalue weighted by atomic mass is 10.1. The lowest BCUT2D eigenvalue weighted by Gasteiger charge is -2.08. The van der Waals surface area contributed by atoms with Gasteiger partial charge in [0.2, 0.25) is 5.95 Å². The van der Waals surface area contributed by atoms with Crippen LogP contribution in [0, 0.1) is 20.8 Å². The van der Waals surface area contributed by atoms with Crippen LogP contribution in [-0.4, -0.2) is 19.5 Å². The minimum absolute atomic E-state index is 0.686. The highest BCUT2D eigenvalue weighted by Gasteiger charge is 2.15. The molecule has 2 aromatic heterocycles. The lowest BCUT2D eigenvalue weighted by molar-refractivity contribution is 0.863. The summed E-state index contributed by atoms with van der Waals surface area (Å²) < 4.78 is 2.14. The van der Waals surface area contributed by atoms with E-state index in [2.05, 4.69) is 62.8 Å². The molecule has 0 aliphatic carbocycles. The van der Waals surface area contributed by atoms with E-state index in [1.807, 2.05) is 19.9 Å². The zero-order valence-corrected chi connectivity index (χ0v) is 12.8. The smallest absolute Gasteiger partial charge is 0.238 e. The van der Waals surface area contributed by atoms with Gasteiger partial charge in [0.05, 0.1) is 11.0 Å². The fourth-order valence-corrected chi connectivity index (χ4v) is 3.10. The molecule has 0 radical (unpaired) electrons. The fourth-order valence-electron chi connectivity index (χ4n) is 3.10. The van der Waals surface area contributed by atoms with Crippen LogP contribution in [0.15, 0.2) is 42.5 Å². The van der Waals surface area contributed by atoms with Gasteiger partial charge in [-0.2, -0.15) is 9.97 Å². The average Bonchev–Trinajstić information content (AvgIpc) is 2.82. The number of fused-ring (bicyclic) bond motifs is 3. The molecule has 4 aromatic rings. The molecular weight excluding hydrogens is 272 g/mol. The highest BCUT2D eigenvalue weighted by molar-refractivity contribution is 6.09. The number of benzene rings is 2. The normalized spacial score (nSPS) is 11.4. The van der Waals surface area contributed by atoms with Crippen molar-refractivity contribution < 1.29 is 0 Å². The zero-order valence-electron chi connectivity index (χ0n) is 12.8. The van der Waals surface area contributed by atoms with Crippen LogP contribution in [0.3, 0.4) is 0 Å². The zero-order chi connectivity index (χ0) is 15.3. The van der Waals surface area contributed by atoms with Crippen molar-refractivity contribution in [2.45, 2.75) is 20.8 Å². The summed E-state index contributed by atoms with van der Waals surface area (Å²) in [5.74, 6) is 2.16. The molecule has 0 atom stereocenters. The Hall–Kier alpha value is -2.75. The molecule has 0 saturated heterocycles. The Bertz CT molecular complexity index is 994. The van der Waals surface area contributed by atoms with E-state index in [-0.39, 0.29) is 0 Å². The third-order valence-electron chi connectivity index (χ3n) is 3.94. The average molecular weight is 288 g/mol. The summed E-state index contributed by atoms with van der Waals surface area (Å²) in [5.41, 5.74) is 3.50. The summed E-state index contributed by atoms with van der Waals surface area (Å²) >= 11 is 0. The Morgan fingerprint density at radius 2 is 1.41 bits per heavy atom. The Labute approximate surface area is 128 Å². The van der Waals surface area contributed by atoms with Crippen molar-refractivity contribution >= 4 is 21.8 Å². The van der Waals surface area contributed by atoms with Gasteiger partial charge in [0.1, 0.15) is 11.6 Å². The molecule has 4 rings (SSSR count). The fraction of sp³-hybridized carbons (Fsp3) is 0.167. The second kappa shape index (κ2) is 4.63. The first-order valence-electron chi connectivity index (χ1n) is 7.33. The number of hydrogen-bond acceptors (Lipinski definition) is 3. The summed E-state index contributed by atoms with van der Waals surface area (Å²) in [6.07, 6.45) is 0. The summed E-state index contributed by atoms with van der Waals surface area (Å²) in [5, 5.41) is 2.45. The van der Waals surface area contributed by atoms with Crippen LogP contribution < -0.4 is 0 Å². The lowest BCUT2D eigenvalue weighted by Crippen LogP contribution is -2.06. The molecule has 4 nitrogen and oxygen atoms in total. The molecule has 0 saturated carbocycles. The Morgan fingerprint density at radius 3 is 2.18 bits per heavy atom. The van der Waals surface area contributed by atoms with Crippen LogP contribution in [0.25, 0.3) is 27.8 Å². The van der Waals surface area contributed by atoms with Crippen molar-refractivity contribution in [3.05, 3.63) is 59.7 Å². The molecule has 0 bridgehead atoms. The third kappa shape index (κ3) is 1.80. The maximum Gasteiger partial charge on any atom is 0.238 e. The number of rotatable bonds is 1. The number of para-hydroxylation sites is 2. The summed E-state index contributed by atoms with van der Waals surface area (Å²) in [7, 11) is 0. The molecule has 2 heterocycles. The van der Waals surface area contributed by atoms with E-state index < -0.39 is 0 Å². The number of hydrogen-bond donors (Lipinski definition) is 0. The van der Waals surface area contributed by atoms with Crippen molar-refractivity contribution in [1.29, 1.82) is 0 Å². The van der Waals surface area contributed by atoms with Gasteiger partial charge in [0, 0.05) is 10.8 Å². The summed E-state index contributed by atoms with van der Waals surface area (Å²) in [4.78, 5) is 13.4. The van der Waals surface area contributed by atoms with Gasteiger partial charge < -0.3 is 0 Å². The highest BCUT2D eigenvalue weighted by atomic mass is 15.2. The number of aromatic nitrogens is 4. The van der Waals surface area contributed by atoms with E-state index in [0.717, 1.165) is 22.7 Å². The van der Waals surface area contributed by atoms with E-state index >= 15 is 0 Å². The van der Waals surface area contributed by atoms with Gasteiger partial charge in [0.15, 0.2) is 0 Å². The molecule has 0 spiro atoms. The van der Waals surface area contributed by atoms with Gasteiger partial charge in [-0.3, -0.25) is 4.57 Å². The summed E-state index contributed by atoms with van der Waals surface area (Å²) in [6.45, 7) is 5.93. The van der Waals surface area contributed by atoms with E-state index in [1.54, 1.807) is 0 Å². The molecule has 108 valence electrons. The van der Waals surface area contributed by atoms with Gasteiger partial charge in [-0.15, -0.1) is 0 Å². The van der Waals surface area contributed by atoms with Crippen LogP contribution in [0.5, 0.6) is 0 Å². The minimum Gasteiger partial charge on any atom is -0.278 e. The van der Waals surface area contributed by atoms with E-state index in [9.17, 15) is 0 Å². The van der Waals surface area contributed by atoms with E-state index in [1.165, 1.54) is 16.3 Å². The van der Waals surface area contributed by atoms with Crippen LogP contribution in [0.4, 0.5) is 0 Å². The van der Waals surface area contributed by atoms with Crippen LogP contribution in [-0.2, 0) is 0 Å². The minimum atomic E-state index is 0.686. The quantitative estimate of drug-likeness (QED) is 0.533. The molecule has 0 aliphatic heterocycles. The molecule has 0 fully saturated rings. The largest absolute Gasteiger partial charge is 0.278 e. The van der Waals surface area contributed by atoms with Crippen molar-refractivity contribution in [2.24, 2.45) is 0 Å². The number of nitrogens with zero attached hydrogens (tertiary/aromatic N) is 4. The van der Waals surface area contributed by atoms with Crippen LogP contribution in [0.1, 0.15) is 17.2 Å². The SMILES string of the molecule is Cc1nc(C)nc(-n2c3ccccc3c3cccc(C)c32)n1. The number of aryl methyl sites for hydroxylation is 3. The standard InChI is InChI=1S/C18H16N4/c1-11-7-6-9-15-14-8-4-5-10-16(14)22(17(11)15)18-20-12(2)19-13(3)21-18/h4-10H,1-3H3. The van der Waals surface area contributed by atoms with Crippen molar-refractivity contribution in [1.82, 2.24) is 19.5 Å². The summed E-state index contributed by atoms with van der Waals surface area (Å²) in [6, 6.07) is 14.8. The predicted molar refractivity (Wildman–Crippen MR) is 88.4 cm³/mol. The van der Waals surface area contributed by atoms with Crippen molar-refractivity contribution in [2.75, 3.05) is 0 Å².